The highest BCUT2D eigenvalue weighted by Gasteiger charge is 2.27. The van der Waals surface area contributed by atoms with Crippen molar-refractivity contribution in [1.82, 2.24) is 4.90 Å². The number of carbonyl (C=O) groups excluding carboxylic acids is 3. The van der Waals surface area contributed by atoms with Crippen molar-refractivity contribution in [2.24, 2.45) is 17.4 Å². The molecular weight excluding hydrogens is 322 g/mol. The Morgan fingerprint density at radius 2 is 2.04 bits per heavy atom. The lowest BCUT2D eigenvalue weighted by molar-refractivity contribution is -0.136. The van der Waals surface area contributed by atoms with E-state index < -0.39 is 11.8 Å². The molecule has 0 bridgehead atoms. The largest absolute Gasteiger partial charge is 0.483 e. The van der Waals surface area contributed by atoms with Gasteiger partial charge < -0.3 is 21.1 Å². The minimum atomic E-state index is -0.693. The first-order valence-electron chi connectivity index (χ1n) is 7.17. The lowest BCUT2D eigenvalue weighted by Crippen LogP contribution is -2.45. The molecule has 1 aliphatic heterocycles. The number of ether oxygens (including phenoxy) is 1. The normalized spacial score (nSPS) is 17.6. The minimum absolute atomic E-state index is 0.110. The number of carbonyl (C=O) groups is 3. The molecule has 0 saturated carbocycles. The van der Waals surface area contributed by atoms with E-state index in [1.54, 1.807) is 4.90 Å². The first kappa shape index (κ1) is 17.1. The molecule has 23 heavy (non-hydrogen) atoms. The summed E-state index contributed by atoms with van der Waals surface area (Å²) < 4.78 is 5.40. The highest BCUT2D eigenvalue weighted by molar-refractivity contribution is 6.31. The number of benzene rings is 1. The molecule has 7 nitrogen and oxygen atoms in total. The minimum Gasteiger partial charge on any atom is -0.483 e. The van der Waals surface area contributed by atoms with Crippen LogP contribution >= 0.6 is 11.6 Å². The summed E-state index contributed by atoms with van der Waals surface area (Å²) in [6.45, 7) is 0.587. The third-order valence-corrected chi connectivity index (χ3v) is 3.97. The van der Waals surface area contributed by atoms with Crippen LogP contribution in [0.4, 0.5) is 0 Å². The Hall–Kier alpha value is -2.28. The summed E-state index contributed by atoms with van der Waals surface area (Å²) in [6.07, 6.45) is 1.40. The average Bonchev–Trinajstić information content (AvgIpc) is 2.53. The van der Waals surface area contributed by atoms with E-state index in [4.69, 9.17) is 27.8 Å². The molecule has 4 N–H and O–H groups in total. The Morgan fingerprint density at radius 3 is 2.70 bits per heavy atom. The molecule has 1 aromatic carbocycles. The number of halogens is 1. The molecule has 2 rings (SSSR count). The topological polar surface area (TPSA) is 116 Å². The maximum atomic E-state index is 12.2. The molecule has 1 saturated heterocycles. The zero-order valence-electron chi connectivity index (χ0n) is 12.5. The van der Waals surface area contributed by atoms with Crippen LogP contribution in [0.1, 0.15) is 23.2 Å². The summed E-state index contributed by atoms with van der Waals surface area (Å²) in [5.74, 6) is -1.51. The zero-order chi connectivity index (χ0) is 17.0. The molecule has 0 radical (unpaired) electrons. The quantitative estimate of drug-likeness (QED) is 0.814. The summed E-state index contributed by atoms with van der Waals surface area (Å²) in [6, 6.07) is 4.41. The average molecular weight is 340 g/mol. The number of rotatable bonds is 5. The van der Waals surface area contributed by atoms with Gasteiger partial charge in [0.05, 0.1) is 11.5 Å². The molecule has 8 heteroatoms. The van der Waals surface area contributed by atoms with E-state index in [0.29, 0.717) is 31.0 Å². The van der Waals surface area contributed by atoms with Gasteiger partial charge in [0.2, 0.25) is 5.91 Å². The molecule has 1 heterocycles. The van der Waals surface area contributed by atoms with Gasteiger partial charge in [0.25, 0.3) is 11.8 Å². The molecule has 1 aliphatic rings. The van der Waals surface area contributed by atoms with Gasteiger partial charge in [0.15, 0.2) is 6.61 Å². The van der Waals surface area contributed by atoms with Gasteiger partial charge in [-0.05, 0) is 31.0 Å². The van der Waals surface area contributed by atoms with Gasteiger partial charge in [-0.1, -0.05) is 11.6 Å². The van der Waals surface area contributed by atoms with Gasteiger partial charge in [-0.3, -0.25) is 14.4 Å². The first-order valence-corrected chi connectivity index (χ1v) is 7.55. The maximum Gasteiger partial charge on any atom is 0.260 e. The van der Waals surface area contributed by atoms with Crippen molar-refractivity contribution in [3.63, 3.8) is 0 Å². The molecule has 0 spiro atoms. The van der Waals surface area contributed by atoms with Crippen LogP contribution in [0, 0.1) is 5.92 Å². The SMILES string of the molecule is NC(=O)c1cc(Cl)ccc1OCC(=O)N1CCC[C@H](C(N)=O)C1. The number of amides is 3. The van der Waals surface area contributed by atoms with E-state index in [1.165, 1.54) is 18.2 Å². The zero-order valence-corrected chi connectivity index (χ0v) is 13.2. The lowest BCUT2D eigenvalue weighted by Gasteiger charge is -2.31. The number of piperidine rings is 1. The van der Waals surface area contributed by atoms with Crippen molar-refractivity contribution in [2.75, 3.05) is 19.7 Å². The fraction of sp³-hybridized carbons (Fsp3) is 0.400. The molecule has 0 aromatic heterocycles. The second-order valence-electron chi connectivity index (χ2n) is 5.37. The van der Waals surface area contributed by atoms with Crippen molar-refractivity contribution < 1.29 is 19.1 Å². The van der Waals surface area contributed by atoms with Crippen LogP contribution in [-0.4, -0.2) is 42.3 Å². The monoisotopic (exact) mass is 339 g/mol. The molecule has 3 amide bonds. The number of nitrogens with two attached hydrogens (primary N) is 2. The number of primary amides is 2. The predicted octanol–water partition coefficient (Wildman–Crippen LogP) is 0.542. The van der Waals surface area contributed by atoms with Crippen LogP contribution in [0.25, 0.3) is 0 Å². The van der Waals surface area contributed by atoms with E-state index in [1.807, 2.05) is 0 Å². The number of hydrogen-bond donors (Lipinski definition) is 2. The number of nitrogens with zero attached hydrogens (tertiary/aromatic N) is 1. The summed E-state index contributed by atoms with van der Waals surface area (Å²) in [7, 11) is 0. The van der Waals surface area contributed by atoms with Crippen molar-refractivity contribution >= 4 is 29.3 Å². The molecular formula is C15H18ClN3O4. The Bertz CT molecular complexity index is 635. The van der Waals surface area contributed by atoms with Crippen LogP contribution in [0.15, 0.2) is 18.2 Å². The van der Waals surface area contributed by atoms with E-state index >= 15 is 0 Å². The Balaban J connectivity index is 1.99. The molecule has 0 unspecified atom stereocenters. The maximum absolute atomic E-state index is 12.2. The van der Waals surface area contributed by atoms with Crippen LogP contribution in [0.2, 0.25) is 5.02 Å². The number of hydrogen-bond acceptors (Lipinski definition) is 4. The predicted molar refractivity (Wildman–Crippen MR) is 84.0 cm³/mol. The fourth-order valence-electron chi connectivity index (χ4n) is 2.49. The van der Waals surface area contributed by atoms with E-state index in [9.17, 15) is 14.4 Å². The molecule has 1 fully saturated rings. The van der Waals surface area contributed by atoms with Crippen molar-refractivity contribution in [3.8, 4) is 5.75 Å². The first-order chi connectivity index (χ1) is 10.9. The second kappa shape index (κ2) is 7.32. The van der Waals surface area contributed by atoms with Crippen LogP contribution < -0.4 is 16.2 Å². The lowest BCUT2D eigenvalue weighted by atomic mass is 9.97. The summed E-state index contributed by atoms with van der Waals surface area (Å²) >= 11 is 5.81. The highest BCUT2D eigenvalue weighted by atomic mass is 35.5. The Morgan fingerprint density at radius 1 is 1.30 bits per heavy atom. The van der Waals surface area contributed by atoms with E-state index in [0.717, 1.165) is 0 Å². The third-order valence-electron chi connectivity index (χ3n) is 3.73. The van der Waals surface area contributed by atoms with Gasteiger partial charge in [0.1, 0.15) is 5.75 Å². The standard InChI is InChI=1S/C15H18ClN3O4/c16-10-3-4-12(11(6-10)15(18)22)23-8-13(20)19-5-1-2-9(7-19)14(17)21/h3-4,6,9H,1-2,5,7-8H2,(H2,17,21)(H2,18,22)/t9-/m0/s1. The third kappa shape index (κ3) is 4.35. The van der Waals surface area contributed by atoms with Gasteiger partial charge in [0, 0.05) is 18.1 Å². The summed E-state index contributed by atoms with van der Waals surface area (Å²) in [5.41, 5.74) is 10.7. The van der Waals surface area contributed by atoms with Gasteiger partial charge in [-0.25, -0.2) is 0 Å². The van der Waals surface area contributed by atoms with Gasteiger partial charge in [-0.2, -0.15) is 0 Å². The summed E-state index contributed by atoms with van der Waals surface area (Å²) in [4.78, 5) is 36.4. The van der Waals surface area contributed by atoms with Crippen molar-refractivity contribution in [2.45, 2.75) is 12.8 Å². The van der Waals surface area contributed by atoms with Crippen molar-refractivity contribution in [3.05, 3.63) is 28.8 Å². The smallest absolute Gasteiger partial charge is 0.260 e. The molecule has 1 aromatic rings. The summed E-state index contributed by atoms with van der Waals surface area (Å²) in [5, 5.41) is 0.345. The van der Waals surface area contributed by atoms with Crippen molar-refractivity contribution in [1.29, 1.82) is 0 Å². The van der Waals surface area contributed by atoms with Crippen LogP contribution in [0.5, 0.6) is 5.75 Å². The second-order valence-corrected chi connectivity index (χ2v) is 5.81. The fourth-order valence-corrected chi connectivity index (χ4v) is 2.66. The Labute approximate surface area is 138 Å². The van der Waals surface area contributed by atoms with E-state index in [2.05, 4.69) is 0 Å². The van der Waals surface area contributed by atoms with Gasteiger partial charge in [-0.15, -0.1) is 0 Å². The molecule has 0 aliphatic carbocycles. The highest BCUT2D eigenvalue weighted by Crippen LogP contribution is 2.23. The van der Waals surface area contributed by atoms with E-state index in [-0.39, 0.29) is 29.7 Å². The van der Waals surface area contributed by atoms with Gasteiger partial charge >= 0.3 is 0 Å². The molecule has 1 atom stereocenters. The van der Waals surface area contributed by atoms with Crippen LogP contribution in [-0.2, 0) is 9.59 Å². The number of likely N-dealkylation sites (tertiary alicyclic amines) is 1. The Kier molecular flexibility index (Phi) is 5.44. The molecule has 124 valence electrons. The van der Waals surface area contributed by atoms with Crippen LogP contribution in [0.3, 0.4) is 0 Å².